The van der Waals surface area contributed by atoms with Crippen LogP contribution in [-0.4, -0.2) is 37.5 Å². The summed E-state index contributed by atoms with van der Waals surface area (Å²) in [6, 6.07) is 10.9. The van der Waals surface area contributed by atoms with Gasteiger partial charge in [-0.15, -0.1) is 0 Å². The van der Waals surface area contributed by atoms with Gasteiger partial charge in [0.25, 0.3) is 0 Å². The number of piperidine rings is 1. The third-order valence-electron chi connectivity index (χ3n) is 4.27. The van der Waals surface area contributed by atoms with Gasteiger partial charge in [0, 0.05) is 13.5 Å². The molecular weight excluding hydrogens is 248 g/mol. The Kier molecular flexibility index (Phi) is 6.06. The number of carbonyl (C=O) groups is 1. The Labute approximate surface area is 122 Å². The molecule has 0 spiro atoms. The fraction of sp³-hybridized carbons (Fsp3) is 0.588. The highest BCUT2D eigenvalue weighted by molar-refractivity contribution is 5.75. The SMILES string of the molecule is CNC(=O)CCCCN1CCC(c2ccccc2)CC1. The van der Waals surface area contributed by atoms with Gasteiger partial charge in [0.05, 0.1) is 0 Å². The first-order valence-electron chi connectivity index (χ1n) is 7.77. The largest absolute Gasteiger partial charge is 0.359 e. The van der Waals surface area contributed by atoms with E-state index in [1.165, 1.54) is 31.5 Å². The van der Waals surface area contributed by atoms with Crippen molar-refractivity contribution >= 4 is 5.91 Å². The first kappa shape index (κ1) is 15.0. The van der Waals surface area contributed by atoms with Crippen molar-refractivity contribution in [2.45, 2.75) is 38.0 Å². The van der Waals surface area contributed by atoms with Crippen LogP contribution < -0.4 is 5.32 Å². The van der Waals surface area contributed by atoms with Crippen molar-refractivity contribution in [2.75, 3.05) is 26.7 Å². The highest BCUT2D eigenvalue weighted by Gasteiger charge is 2.19. The van der Waals surface area contributed by atoms with E-state index in [4.69, 9.17) is 0 Å². The topological polar surface area (TPSA) is 32.3 Å². The number of nitrogens with zero attached hydrogens (tertiary/aromatic N) is 1. The lowest BCUT2D eigenvalue weighted by molar-refractivity contribution is -0.120. The van der Waals surface area contributed by atoms with Crippen LogP contribution in [0.25, 0.3) is 0 Å². The monoisotopic (exact) mass is 274 g/mol. The molecule has 1 heterocycles. The molecule has 1 saturated heterocycles. The van der Waals surface area contributed by atoms with Gasteiger partial charge in [0.1, 0.15) is 0 Å². The minimum absolute atomic E-state index is 0.160. The Morgan fingerprint density at radius 1 is 1.20 bits per heavy atom. The predicted octanol–water partition coefficient (Wildman–Crippen LogP) is 2.78. The van der Waals surface area contributed by atoms with Gasteiger partial charge in [-0.05, 0) is 56.8 Å². The Bertz CT molecular complexity index is 397. The number of nitrogens with one attached hydrogen (secondary N) is 1. The highest BCUT2D eigenvalue weighted by atomic mass is 16.1. The molecule has 0 radical (unpaired) electrons. The van der Waals surface area contributed by atoms with E-state index in [9.17, 15) is 4.79 Å². The summed E-state index contributed by atoms with van der Waals surface area (Å²) in [5.74, 6) is 0.895. The minimum atomic E-state index is 0.160. The smallest absolute Gasteiger partial charge is 0.219 e. The zero-order chi connectivity index (χ0) is 14.2. The van der Waals surface area contributed by atoms with Gasteiger partial charge >= 0.3 is 0 Å². The maximum absolute atomic E-state index is 11.1. The molecule has 0 bridgehead atoms. The highest BCUT2D eigenvalue weighted by Crippen LogP contribution is 2.27. The summed E-state index contributed by atoms with van der Waals surface area (Å²) in [5, 5.41) is 2.67. The molecule has 1 N–H and O–H groups in total. The molecule has 2 rings (SSSR count). The first-order chi connectivity index (χ1) is 9.79. The van der Waals surface area contributed by atoms with Crippen LogP contribution >= 0.6 is 0 Å². The molecule has 1 aliphatic heterocycles. The number of rotatable bonds is 6. The summed E-state index contributed by atoms with van der Waals surface area (Å²) in [6.45, 7) is 3.53. The first-order valence-corrected chi connectivity index (χ1v) is 7.77. The second kappa shape index (κ2) is 8.05. The van der Waals surface area contributed by atoms with Crippen LogP contribution in [0.2, 0.25) is 0 Å². The summed E-state index contributed by atoms with van der Waals surface area (Å²) in [5.41, 5.74) is 1.49. The second-order valence-electron chi connectivity index (χ2n) is 5.66. The van der Waals surface area contributed by atoms with E-state index in [0.717, 1.165) is 25.3 Å². The lowest BCUT2D eigenvalue weighted by atomic mass is 9.89. The van der Waals surface area contributed by atoms with Gasteiger partial charge in [-0.1, -0.05) is 30.3 Å². The van der Waals surface area contributed by atoms with Crippen LogP contribution in [0.3, 0.4) is 0 Å². The molecule has 1 aromatic carbocycles. The summed E-state index contributed by atoms with van der Waals surface area (Å²) >= 11 is 0. The number of hydrogen-bond acceptors (Lipinski definition) is 2. The average Bonchev–Trinajstić information content (AvgIpc) is 2.52. The van der Waals surface area contributed by atoms with Crippen LogP contribution in [0.15, 0.2) is 30.3 Å². The van der Waals surface area contributed by atoms with Gasteiger partial charge in [-0.25, -0.2) is 0 Å². The normalized spacial score (nSPS) is 17.1. The predicted molar refractivity (Wildman–Crippen MR) is 82.8 cm³/mol. The number of carbonyl (C=O) groups excluding carboxylic acids is 1. The van der Waals surface area contributed by atoms with E-state index >= 15 is 0 Å². The number of likely N-dealkylation sites (tertiary alicyclic amines) is 1. The molecular formula is C17H26N2O. The molecule has 3 nitrogen and oxygen atoms in total. The van der Waals surface area contributed by atoms with Gasteiger partial charge < -0.3 is 10.2 Å². The van der Waals surface area contributed by atoms with Gasteiger partial charge in [-0.2, -0.15) is 0 Å². The van der Waals surface area contributed by atoms with Crippen LogP contribution in [0, 0.1) is 0 Å². The van der Waals surface area contributed by atoms with E-state index in [0.29, 0.717) is 6.42 Å². The molecule has 1 aromatic rings. The number of unbranched alkanes of at least 4 members (excludes halogenated alkanes) is 1. The maximum atomic E-state index is 11.1. The van der Waals surface area contributed by atoms with Crippen molar-refractivity contribution in [1.29, 1.82) is 0 Å². The molecule has 1 aliphatic rings. The quantitative estimate of drug-likeness (QED) is 0.809. The molecule has 0 atom stereocenters. The summed E-state index contributed by atoms with van der Waals surface area (Å²) < 4.78 is 0. The number of benzene rings is 1. The number of amides is 1. The molecule has 3 heteroatoms. The zero-order valence-electron chi connectivity index (χ0n) is 12.5. The second-order valence-corrected chi connectivity index (χ2v) is 5.66. The van der Waals surface area contributed by atoms with E-state index in [2.05, 4.69) is 40.5 Å². The third kappa shape index (κ3) is 4.64. The molecule has 0 saturated carbocycles. The molecule has 20 heavy (non-hydrogen) atoms. The Morgan fingerprint density at radius 2 is 1.90 bits per heavy atom. The molecule has 1 amide bonds. The molecule has 110 valence electrons. The molecule has 0 unspecified atom stereocenters. The fourth-order valence-electron chi connectivity index (χ4n) is 2.96. The van der Waals surface area contributed by atoms with Crippen molar-refractivity contribution < 1.29 is 4.79 Å². The fourth-order valence-corrected chi connectivity index (χ4v) is 2.96. The van der Waals surface area contributed by atoms with Crippen molar-refractivity contribution in [3.05, 3.63) is 35.9 Å². The molecule has 0 aromatic heterocycles. The van der Waals surface area contributed by atoms with E-state index < -0.39 is 0 Å². The van der Waals surface area contributed by atoms with Crippen molar-refractivity contribution in [2.24, 2.45) is 0 Å². The minimum Gasteiger partial charge on any atom is -0.359 e. The van der Waals surface area contributed by atoms with Crippen LogP contribution in [-0.2, 0) is 4.79 Å². The number of hydrogen-bond donors (Lipinski definition) is 1. The van der Waals surface area contributed by atoms with Crippen molar-refractivity contribution in [1.82, 2.24) is 10.2 Å². The Balaban J connectivity index is 1.63. The zero-order valence-corrected chi connectivity index (χ0v) is 12.5. The van der Waals surface area contributed by atoms with Gasteiger partial charge in [0.15, 0.2) is 0 Å². The summed E-state index contributed by atoms with van der Waals surface area (Å²) in [6.07, 6.45) is 5.32. The van der Waals surface area contributed by atoms with E-state index in [1.807, 2.05) is 0 Å². The van der Waals surface area contributed by atoms with E-state index in [1.54, 1.807) is 7.05 Å². The van der Waals surface area contributed by atoms with Crippen LogP contribution in [0.5, 0.6) is 0 Å². The molecule has 1 fully saturated rings. The van der Waals surface area contributed by atoms with Gasteiger partial charge in [-0.3, -0.25) is 4.79 Å². The lowest BCUT2D eigenvalue weighted by Crippen LogP contribution is -2.33. The maximum Gasteiger partial charge on any atom is 0.219 e. The van der Waals surface area contributed by atoms with Crippen LogP contribution in [0.4, 0.5) is 0 Å². The van der Waals surface area contributed by atoms with Crippen molar-refractivity contribution in [3.63, 3.8) is 0 Å². The van der Waals surface area contributed by atoms with Crippen molar-refractivity contribution in [3.8, 4) is 0 Å². The summed E-state index contributed by atoms with van der Waals surface area (Å²) in [7, 11) is 1.71. The standard InChI is InChI=1S/C17H26N2O/c1-18-17(20)9-5-6-12-19-13-10-16(11-14-19)15-7-3-2-4-8-15/h2-4,7-8,16H,5-6,9-14H2,1H3,(H,18,20). The molecule has 0 aliphatic carbocycles. The van der Waals surface area contributed by atoms with Gasteiger partial charge in [0.2, 0.25) is 5.91 Å². The van der Waals surface area contributed by atoms with E-state index in [-0.39, 0.29) is 5.91 Å². The Hall–Kier alpha value is -1.35. The third-order valence-corrected chi connectivity index (χ3v) is 4.27. The average molecular weight is 274 g/mol. The summed E-state index contributed by atoms with van der Waals surface area (Å²) in [4.78, 5) is 13.7. The Morgan fingerprint density at radius 3 is 2.55 bits per heavy atom. The van der Waals surface area contributed by atoms with Crippen LogP contribution in [0.1, 0.15) is 43.6 Å². The lowest BCUT2D eigenvalue weighted by Gasteiger charge is -2.32.